The van der Waals surface area contributed by atoms with Crippen LogP contribution in [0.5, 0.6) is 5.75 Å². The number of halogens is 1. The molecule has 172 valence electrons. The van der Waals surface area contributed by atoms with Crippen LogP contribution in [0.4, 0.5) is 0 Å². The van der Waals surface area contributed by atoms with Gasteiger partial charge in [-0.15, -0.1) is 0 Å². The molecule has 0 aromatic heterocycles. The molecule has 0 radical (unpaired) electrons. The third kappa shape index (κ3) is 6.12. The third-order valence-electron chi connectivity index (χ3n) is 6.24. The number of benzene rings is 2. The van der Waals surface area contributed by atoms with E-state index in [0.29, 0.717) is 12.3 Å². The molecule has 2 aromatic carbocycles. The molecule has 1 unspecified atom stereocenters. The van der Waals surface area contributed by atoms with Crippen LogP contribution in [-0.2, 0) is 16.1 Å². The van der Waals surface area contributed by atoms with E-state index in [0.717, 1.165) is 52.4 Å². The lowest BCUT2D eigenvalue weighted by Gasteiger charge is -2.30. The first-order valence-corrected chi connectivity index (χ1v) is 12.1. The van der Waals surface area contributed by atoms with E-state index in [9.17, 15) is 9.59 Å². The highest BCUT2D eigenvalue weighted by atomic mass is 79.9. The van der Waals surface area contributed by atoms with Crippen LogP contribution in [0.2, 0.25) is 0 Å². The lowest BCUT2D eigenvalue weighted by molar-refractivity contribution is -0.142. The molecular formula is C26H33BrN2O3. The summed E-state index contributed by atoms with van der Waals surface area (Å²) in [7, 11) is 0. The summed E-state index contributed by atoms with van der Waals surface area (Å²) in [5.74, 6) is 0.338. The predicted molar refractivity (Wildman–Crippen MR) is 131 cm³/mol. The third-order valence-corrected chi connectivity index (χ3v) is 7.49. The number of hydrogen-bond acceptors (Lipinski definition) is 3. The second kappa shape index (κ2) is 11.0. The van der Waals surface area contributed by atoms with Gasteiger partial charge in [0, 0.05) is 17.1 Å². The van der Waals surface area contributed by atoms with Crippen molar-refractivity contribution in [2.75, 3.05) is 6.61 Å². The normalized spacial score (nSPS) is 14.8. The molecule has 1 N–H and O–H groups in total. The quantitative estimate of drug-likeness (QED) is 0.539. The first kappa shape index (κ1) is 24.3. The molecule has 0 spiro atoms. The van der Waals surface area contributed by atoms with Crippen molar-refractivity contribution in [1.82, 2.24) is 10.2 Å². The van der Waals surface area contributed by atoms with Gasteiger partial charge in [-0.3, -0.25) is 9.59 Å². The van der Waals surface area contributed by atoms with Gasteiger partial charge in [0.15, 0.2) is 6.61 Å². The Morgan fingerprint density at radius 2 is 1.72 bits per heavy atom. The van der Waals surface area contributed by atoms with Gasteiger partial charge in [-0.25, -0.2) is 0 Å². The zero-order chi connectivity index (χ0) is 23.3. The second-order valence-electron chi connectivity index (χ2n) is 8.77. The van der Waals surface area contributed by atoms with Gasteiger partial charge in [0.25, 0.3) is 5.91 Å². The summed E-state index contributed by atoms with van der Waals surface area (Å²) >= 11 is 3.56. The maximum Gasteiger partial charge on any atom is 0.261 e. The molecule has 1 atom stereocenters. The van der Waals surface area contributed by atoms with Gasteiger partial charge >= 0.3 is 0 Å². The first-order chi connectivity index (χ1) is 15.3. The number of nitrogens with zero attached hydrogens (tertiary/aromatic N) is 1. The van der Waals surface area contributed by atoms with Crippen molar-refractivity contribution in [3.63, 3.8) is 0 Å². The molecule has 1 aliphatic rings. The van der Waals surface area contributed by atoms with Gasteiger partial charge < -0.3 is 15.0 Å². The summed E-state index contributed by atoms with van der Waals surface area (Å²) in [5, 5.41) is 3.13. The van der Waals surface area contributed by atoms with Crippen molar-refractivity contribution in [2.24, 2.45) is 0 Å². The van der Waals surface area contributed by atoms with Crippen LogP contribution in [0.3, 0.4) is 0 Å². The Morgan fingerprint density at radius 1 is 1.09 bits per heavy atom. The highest BCUT2D eigenvalue weighted by Gasteiger charge is 2.29. The van der Waals surface area contributed by atoms with Crippen molar-refractivity contribution in [3.8, 4) is 5.75 Å². The number of carbonyl (C=O) groups excluding carboxylic acids is 2. The molecule has 32 heavy (non-hydrogen) atoms. The van der Waals surface area contributed by atoms with Crippen LogP contribution >= 0.6 is 15.9 Å². The van der Waals surface area contributed by atoms with Gasteiger partial charge in [0.05, 0.1) is 0 Å². The number of amides is 2. The molecule has 0 aliphatic heterocycles. The Labute approximate surface area is 199 Å². The van der Waals surface area contributed by atoms with E-state index in [-0.39, 0.29) is 24.5 Å². The molecular weight excluding hydrogens is 468 g/mol. The molecule has 3 rings (SSSR count). The van der Waals surface area contributed by atoms with E-state index in [2.05, 4.69) is 21.2 Å². The molecule has 6 heteroatoms. The Balaban J connectivity index is 1.75. The first-order valence-electron chi connectivity index (χ1n) is 11.3. The van der Waals surface area contributed by atoms with Crippen molar-refractivity contribution < 1.29 is 14.3 Å². The van der Waals surface area contributed by atoms with Gasteiger partial charge in [-0.2, -0.15) is 0 Å². The zero-order valence-corrected chi connectivity index (χ0v) is 21.0. The summed E-state index contributed by atoms with van der Waals surface area (Å²) in [6.45, 7) is 8.05. The molecule has 0 bridgehead atoms. The molecule has 1 saturated carbocycles. The summed E-state index contributed by atoms with van der Waals surface area (Å²) < 4.78 is 6.89. The van der Waals surface area contributed by atoms with Gasteiger partial charge in [-0.1, -0.05) is 53.0 Å². The van der Waals surface area contributed by atoms with E-state index < -0.39 is 6.04 Å². The topological polar surface area (TPSA) is 58.6 Å². The number of aryl methyl sites for hydroxylation is 3. The van der Waals surface area contributed by atoms with Gasteiger partial charge in [-0.05, 0) is 74.9 Å². The number of carbonyl (C=O) groups is 2. The smallest absolute Gasteiger partial charge is 0.261 e. The lowest BCUT2D eigenvalue weighted by atomic mass is 10.1. The predicted octanol–water partition coefficient (Wildman–Crippen LogP) is 5.23. The minimum absolute atomic E-state index is 0.103. The second-order valence-corrected chi connectivity index (χ2v) is 9.57. The van der Waals surface area contributed by atoms with E-state index in [1.54, 1.807) is 11.8 Å². The van der Waals surface area contributed by atoms with Crippen LogP contribution in [0.15, 0.2) is 40.9 Å². The number of rotatable bonds is 8. The Hall–Kier alpha value is -2.34. The summed E-state index contributed by atoms with van der Waals surface area (Å²) in [6, 6.07) is 11.4. The minimum atomic E-state index is -0.584. The summed E-state index contributed by atoms with van der Waals surface area (Å²) in [5.41, 5.74) is 4.22. The van der Waals surface area contributed by atoms with Crippen LogP contribution in [0.25, 0.3) is 0 Å². The maximum absolute atomic E-state index is 13.3. The van der Waals surface area contributed by atoms with Crippen LogP contribution < -0.4 is 10.1 Å². The van der Waals surface area contributed by atoms with Gasteiger partial charge in [0.1, 0.15) is 11.8 Å². The fourth-order valence-electron chi connectivity index (χ4n) is 4.16. The Bertz CT molecular complexity index is 946. The average molecular weight is 501 g/mol. The molecule has 5 nitrogen and oxygen atoms in total. The van der Waals surface area contributed by atoms with Crippen LogP contribution in [0.1, 0.15) is 54.9 Å². The molecule has 2 aromatic rings. The Morgan fingerprint density at radius 3 is 2.34 bits per heavy atom. The average Bonchev–Trinajstić information content (AvgIpc) is 3.27. The van der Waals surface area contributed by atoms with Crippen molar-refractivity contribution in [1.29, 1.82) is 0 Å². The lowest BCUT2D eigenvalue weighted by Crippen LogP contribution is -2.50. The van der Waals surface area contributed by atoms with E-state index in [4.69, 9.17) is 4.74 Å². The van der Waals surface area contributed by atoms with E-state index in [1.807, 2.05) is 57.2 Å². The highest BCUT2D eigenvalue weighted by Crippen LogP contribution is 2.26. The number of hydrogen-bond donors (Lipinski definition) is 1. The summed E-state index contributed by atoms with van der Waals surface area (Å²) in [4.78, 5) is 27.9. The summed E-state index contributed by atoms with van der Waals surface area (Å²) in [6.07, 6.45) is 4.31. The SMILES string of the molecule is Cc1ccccc1CN(C(=O)COc1cc(C)c(Br)c(C)c1)C(C)C(=O)NC1CCCC1. The van der Waals surface area contributed by atoms with Gasteiger partial charge in [0.2, 0.25) is 5.91 Å². The fourth-order valence-corrected chi connectivity index (χ4v) is 4.39. The number of nitrogens with one attached hydrogen (secondary N) is 1. The monoisotopic (exact) mass is 500 g/mol. The van der Waals surface area contributed by atoms with E-state index >= 15 is 0 Å². The molecule has 1 fully saturated rings. The standard InChI is InChI=1S/C26H33BrN2O3/c1-17-9-5-6-10-21(17)15-29(20(4)26(31)28-22-11-7-8-12-22)24(30)16-32-23-13-18(2)25(27)19(3)14-23/h5-6,9-10,13-14,20,22H,7-8,11-12,15-16H2,1-4H3,(H,28,31). The molecule has 0 saturated heterocycles. The van der Waals surface area contributed by atoms with Crippen molar-refractivity contribution in [2.45, 2.75) is 72.0 Å². The fraction of sp³-hybridized carbons (Fsp3) is 0.462. The zero-order valence-electron chi connectivity index (χ0n) is 19.4. The van der Waals surface area contributed by atoms with Crippen molar-refractivity contribution >= 4 is 27.7 Å². The van der Waals surface area contributed by atoms with Crippen LogP contribution in [0, 0.1) is 20.8 Å². The molecule has 1 aliphatic carbocycles. The largest absolute Gasteiger partial charge is 0.484 e. The Kier molecular flexibility index (Phi) is 8.35. The highest BCUT2D eigenvalue weighted by molar-refractivity contribution is 9.10. The van der Waals surface area contributed by atoms with Crippen molar-refractivity contribution in [3.05, 3.63) is 63.1 Å². The van der Waals surface area contributed by atoms with E-state index in [1.165, 1.54) is 0 Å². The molecule has 0 heterocycles. The number of ether oxygens (including phenoxy) is 1. The maximum atomic E-state index is 13.3. The van der Waals surface area contributed by atoms with Crippen LogP contribution in [-0.4, -0.2) is 35.4 Å². The molecule has 2 amide bonds. The minimum Gasteiger partial charge on any atom is -0.484 e.